The number of likely N-dealkylation sites (tertiary alicyclic amines) is 1. The van der Waals surface area contributed by atoms with Crippen molar-refractivity contribution in [2.24, 2.45) is 0 Å². The van der Waals surface area contributed by atoms with Gasteiger partial charge >= 0.3 is 0 Å². The van der Waals surface area contributed by atoms with Gasteiger partial charge in [0.1, 0.15) is 16.5 Å². The fourth-order valence-electron chi connectivity index (χ4n) is 4.21. The van der Waals surface area contributed by atoms with Crippen LogP contribution < -0.4 is 14.4 Å². The van der Waals surface area contributed by atoms with Crippen molar-refractivity contribution < 1.29 is 28.6 Å². The smallest absolute Gasteiger partial charge is 0.296 e. The Labute approximate surface area is 218 Å². The molecule has 0 saturated carbocycles. The van der Waals surface area contributed by atoms with Crippen molar-refractivity contribution in [2.75, 3.05) is 33.2 Å². The van der Waals surface area contributed by atoms with Crippen LogP contribution in [0.15, 0.2) is 58.7 Å². The van der Waals surface area contributed by atoms with Gasteiger partial charge < -0.3 is 28.8 Å². The van der Waals surface area contributed by atoms with Crippen LogP contribution in [-0.2, 0) is 16.1 Å². The molecule has 1 aliphatic heterocycles. The van der Waals surface area contributed by atoms with Gasteiger partial charge in [-0.15, -0.1) is 0 Å². The molecule has 1 saturated heterocycles. The zero-order valence-electron chi connectivity index (χ0n) is 20.0. The standard InChI is InChI=1S/C26H24Cl2N2O6/c1-29(2)15-9-7-14(8-10-15)21-19(23(32)26(33)30(21)13-16-6-5-11-36-16)22(31)17-12-18(27)25(35-4)20(28)24(17)34-3/h5-12,21,31H,13H2,1-4H3/b22-19+. The van der Waals surface area contributed by atoms with Crippen LogP contribution in [0.25, 0.3) is 5.76 Å². The van der Waals surface area contributed by atoms with E-state index >= 15 is 0 Å². The molecule has 10 heteroatoms. The lowest BCUT2D eigenvalue weighted by molar-refractivity contribution is -0.140. The highest BCUT2D eigenvalue weighted by atomic mass is 35.5. The van der Waals surface area contributed by atoms with Crippen molar-refractivity contribution in [2.45, 2.75) is 12.6 Å². The molecule has 3 aromatic rings. The summed E-state index contributed by atoms with van der Waals surface area (Å²) in [6, 6.07) is 11.2. The molecular formula is C26H24Cl2N2O6. The normalized spacial score (nSPS) is 16.9. The van der Waals surface area contributed by atoms with E-state index in [0.29, 0.717) is 11.3 Å². The average Bonchev–Trinajstić information content (AvgIpc) is 3.46. The summed E-state index contributed by atoms with van der Waals surface area (Å²) in [5.41, 5.74) is 1.48. The molecule has 1 fully saturated rings. The minimum absolute atomic E-state index is 0.0192. The zero-order chi connectivity index (χ0) is 26.1. The summed E-state index contributed by atoms with van der Waals surface area (Å²) in [6.45, 7) is 0.0235. The van der Waals surface area contributed by atoms with E-state index in [-0.39, 0.29) is 39.2 Å². The number of carbonyl (C=O) groups is 2. The number of benzene rings is 2. The van der Waals surface area contributed by atoms with Gasteiger partial charge in [-0.1, -0.05) is 35.3 Å². The number of aliphatic hydroxyl groups is 1. The van der Waals surface area contributed by atoms with Gasteiger partial charge in [0.05, 0.1) is 49.2 Å². The number of ether oxygens (including phenoxy) is 2. The number of aliphatic hydroxyl groups excluding tert-OH is 1. The molecule has 2 heterocycles. The van der Waals surface area contributed by atoms with Crippen LogP contribution in [0.5, 0.6) is 11.5 Å². The number of hydrogen-bond donors (Lipinski definition) is 1. The van der Waals surface area contributed by atoms with Crippen LogP contribution in [0.1, 0.15) is 22.9 Å². The van der Waals surface area contributed by atoms with Gasteiger partial charge in [-0.25, -0.2) is 0 Å². The van der Waals surface area contributed by atoms with Crippen molar-refractivity contribution >= 4 is 46.3 Å². The molecule has 36 heavy (non-hydrogen) atoms. The molecule has 0 bridgehead atoms. The lowest BCUT2D eigenvalue weighted by atomic mass is 9.94. The molecule has 1 unspecified atom stereocenters. The Morgan fingerprint density at radius 1 is 1.08 bits per heavy atom. The highest BCUT2D eigenvalue weighted by Gasteiger charge is 2.47. The van der Waals surface area contributed by atoms with Crippen molar-refractivity contribution in [3.05, 3.63) is 81.2 Å². The van der Waals surface area contributed by atoms with Crippen molar-refractivity contribution in [3.8, 4) is 11.5 Å². The largest absolute Gasteiger partial charge is 0.507 e. The molecule has 0 spiro atoms. The number of furan rings is 1. The second-order valence-corrected chi connectivity index (χ2v) is 9.06. The third kappa shape index (κ3) is 4.38. The maximum atomic E-state index is 13.3. The maximum absolute atomic E-state index is 13.3. The first-order valence-corrected chi connectivity index (χ1v) is 11.6. The first-order valence-electron chi connectivity index (χ1n) is 10.9. The lowest BCUT2D eigenvalue weighted by Crippen LogP contribution is -2.29. The van der Waals surface area contributed by atoms with E-state index in [1.807, 2.05) is 31.1 Å². The highest BCUT2D eigenvalue weighted by molar-refractivity contribution is 6.47. The molecule has 1 N–H and O–H groups in total. The van der Waals surface area contributed by atoms with Crippen LogP contribution in [0.2, 0.25) is 10.0 Å². The van der Waals surface area contributed by atoms with Crippen LogP contribution in [0, 0.1) is 0 Å². The summed E-state index contributed by atoms with van der Waals surface area (Å²) in [7, 11) is 6.56. The summed E-state index contributed by atoms with van der Waals surface area (Å²) in [5.74, 6) is -1.42. The summed E-state index contributed by atoms with van der Waals surface area (Å²) in [4.78, 5) is 29.8. The number of amides is 1. The molecule has 4 rings (SSSR count). The van der Waals surface area contributed by atoms with Crippen LogP contribution >= 0.6 is 23.2 Å². The molecule has 1 aliphatic rings. The second kappa shape index (κ2) is 10.2. The van der Waals surface area contributed by atoms with E-state index in [0.717, 1.165) is 5.69 Å². The number of hydrogen-bond acceptors (Lipinski definition) is 7. The third-order valence-electron chi connectivity index (χ3n) is 5.97. The Bertz CT molecular complexity index is 1330. The van der Waals surface area contributed by atoms with E-state index < -0.39 is 23.5 Å². The number of methoxy groups -OCH3 is 2. The minimum Gasteiger partial charge on any atom is -0.507 e. The quantitative estimate of drug-likeness (QED) is 0.252. The van der Waals surface area contributed by atoms with Gasteiger partial charge in [0.2, 0.25) is 0 Å². The van der Waals surface area contributed by atoms with Crippen molar-refractivity contribution in [1.82, 2.24) is 4.90 Å². The minimum atomic E-state index is -0.907. The molecule has 2 aromatic carbocycles. The van der Waals surface area contributed by atoms with Gasteiger partial charge in [0.15, 0.2) is 11.5 Å². The van der Waals surface area contributed by atoms with Gasteiger partial charge in [0, 0.05) is 19.8 Å². The topological polar surface area (TPSA) is 92.5 Å². The summed E-state index contributed by atoms with van der Waals surface area (Å²) in [5, 5.41) is 11.6. The number of Topliss-reactive ketones (excluding diaryl/α,β-unsaturated/α-hetero) is 1. The van der Waals surface area contributed by atoms with Crippen molar-refractivity contribution in [1.29, 1.82) is 0 Å². The monoisotopic (exact) mass is 530 g/mol. The van der Waals surface area contributed by atoms with Gasteiger partial charge in [-0.2, -0.15) is 0 Å². The Morgan fingerprint density at radius 2 is 1.75 bits per heavy atom. The lowest BCUT2D eigenvalue weighted by Gasteiger charge is -2.25. The fourth-order valence-corrected chi connectivity index (χ4v) is 4.89. The summed E-state index contributed by atoms with van der Waals surface area (Å²) >= 11 is 12.7. The molecule has 188 valence electrons. The molecule has 8 nitrogen and oxygen atoms in total. The molecule has 1 atom stereocenters. The fraction of sp³-hybridized carbons (Fsp3) is 0.231. The molecule has 1 amide bonds. The Kier molecular flexibility index (Phi) is 7.19. The predicted octanol–water partition coefficient (Wildman–Crippen LogP) is 5.29. The second-order valence-electron chi connectivity index (χ2n) is 8.28. The van der Waals surface area contributed by atoms with E-state index in [4.69, 9.17) is 37.1 Å². The summed E-state index contributed by atoms with van der Waals surface area (Å²) < 4.78 is 16.1. The summed E-state index contributed by atoms with van der Waals surface area (Å²) in [6.07, 6.45) is 1.49. The van der Waals surface area contributed by atoms with Crippen LogP contribution in [0.3, 0.4) is 0 Å². The SMILES string of the molecule is COc1c(Cl)cc(/C(O)=C2\C(=O)C(=O)N(Cc3ccco3)C2c2ccc(N(C)C)cc2)c(OC)c1Cl. The van der Waals surface area contributed by atoms with Gasteiger partial charge in [-0.3, -0.25) is 9.59 Å². The number of anilines is 1. The first-order chi connectivity index (χ1) is 17.2. The number of carbonyl (C=O) groups excluding carboxylic acids is 2. The highest BCUT2D eigenvalue weighted by Crippen LogP contribution is 2.47. The van der Waals surface area contributed by atoms with E-state index in [9.17, 15) is 14.7 Å². The van der Waals surface area contributed by atoms with E-state index in [1.54, 1.807) is 24.3 Å². The molecule has 0 radical (unpaired) electrons. The molecule has 1 aromatic heterocycles. The van der Waals surface area contributed by atoms with Crippen molar-refractivity contribution in [3.63, 3.8) is 0 Å². The Hall–Kier alpha value is -3.62. The number of ketones is 1. The van der Waals surface area contributed by atoms with Crippen LogP contribution in [-0.4, -0.2) is 50.0 Å². The number of halogens is 2. The Balaban J connectivity index is 1.94. The average molecular weight is 531 g/mol. The van der Waals surface area contributed by atoms with Gasteiger partial charge in [-0.05, 0) is 35.9 Å². The predicted molar refractivity (Wildman–Crippen MR) is 137 cm³/mol. The molecule has 0 aliphatic carbocycles. The van der Waals surface area contributed by atoms with E-state index in [2.05, 4.69) is 0 Å². The number of rotatable bonds is 7. The molecular weight excluding hydrogens is 507 g/mol. The number of nitrogens with zero attached hydrogens (tertiary/aromatic N) is 2. The maximum Gasteiger partial charge on any atom is 0.296 e. The zero-order valence-corrected chi connectivity index (χ0v) is 21.6. The third-order valence-corrected chi connectivity index (χ3v) is 6.59. The Morgan fingerprint density at radius 3 is 2.31 bits per heavy atom. The van der Waals surface area contributed by atoms with Gasteiger partial charge in [0.25, 0.3) is 11.7 Å². The van der Waals surface area contributed by atoms with Crippen LogP contribution in [0.4, 0.5) is 5.69 Å². The first kappa shape index (κ1) is 25.5. The van der Waals surface area contributed by atoms with E-state index in [1.165, 1.54) is 31.4 Å².